The van der Waals surface area contributed by atoms with Crippen LogP contribution < -0.4 is 0 Å². The number of benzene rings is 9. The van der Waals surface area contributed by atoms with Crippen molar-refractivity contribution in [1.82, 2.24) is 0 Å². The summed E-state index contributed by atoms with van der Waals surface area (Å²) in [4.78, 5) is 81.5. The zero-order valence-corrected chi connectivity index (χ0v) is 69.4. The second kappa shape index (κ2) is 45.3. The number of ether oxygens (including phenoxy) is 18. The van der Waals surface area contributed by atoms with Gasteiger partial charge in [0.15, 0.2) is 49.4 Å². The van der Waals surface area contributed by atoms with Crippen molar-refractivity contribution in [2.75, 3.05) is 27.4 Å². The lowest BCUT2D eigenvalue weighted by Crippen LogP contribution is -2.69. The molecule has 4 aliphatic rings. The third-order valence-electron chi connectivity index (χ3n) is 20.2. The molecule has 4 heterocycles. The molecule has 20 atom stereocenters. The highest BCUT2D eigenvalue weighted by molar-refractivity contribution is 7.99. The van der Waals surface area contributed by atoms with Gasteiger partial charge in [0.05, 0.1) is 78.2 Å². The van der Waals surface area contributed by atoms with Crippen molar-refractivity contribution >= 4 is 76.4 Å². The van der Waals surface area contributed by atoms with Gasteiger partial charge in [-0.1, -0.05) is 293 Å². The van der Waals surface area contributed by atoms with E-state index in [1.165, 1.54) is 12.1 Å². The number of methoxy groups -OCH3 is 2. The molecule has 4 saturated heterocycles. The number of esters is 5. The Morgan fingerprint density at radius 1 is 0.366 bits per heavy atom. The van der Waals surface area contributed by atoms with E-state index in [0.29, 0.717) is 32.7 Å². The Morgan fingerprint density at radius 2 is 0.691 bits per heavy atom. The van der Waals surface area contributed by atoms with Gasteiger partial charge in [0.25, 0.3) is 3.79 Å². The topological polar surface area (TPSA) is 349 Å². The molecule has 0 radical (unpaired) electrons. The highest BCUT2D eigenvalue weighted by Gasteiger charge is 2.61. The summed E-state index contributed by atoms with van der Waals surface area (Å²) in [5.74, 6) is -5.29. The summed E-state index contributed by atoms with van der Waals surface area (Å²) in [6.07, 6.45) is -29.7. The largest absolute Gasteiger partial charge is 0.467 e. The van der Waals surface area contributed by atoms with Crippen LogP contribution in [-0.2, 0) is 139 Å². The highest BCUT2D eigenvalue weighted by Crippen LogP contribution is 2.44. The molecule has 642 valence electrons. The van der Waals surface area contributed by atoms with Crippen molar-refractivity contribution < 1.29 is 109 Å². The highest BCUT2D eigenvalue weighted by atomic mass is 35.6. The van der Waals surface area contributed by atoms with Crippen LogP contribution in [0.2, 0.25) is 0 Å². The van der Waals surface area contributed by atoms with Crippen LogP contribution in [-0.4, -0.2) is 183 Å². The molecule has 0 spiro atoms. The van der Waals surface area contributed by atoms with Gasteiger partial charge in [-0.25, -0.2) is 24.0 Å². The molecule has 9 aromatic carbocycles. The maximum atomic E-state index is 15.4. The lowest BCUT2D eigenvalue weighted by atomic mass is 9.93. The molecular formula is C90H87Cl3N6O23S. The van der Waals surface area contributed by atoms with Gasteiger partial charge in [-0.3, -0.25) is 0 Å². The first-order valence-electron chi connectivity index (χ1n) is 39.2. The fourth-order valence-electron chi connectivity index (χ4n) is 14.3. The summed E-state index contributed by atoms with van der Waals surface area (Å²) in [6, 6.07) is 75.3. The summed E-state index contributed by atoms with van der Waals surface area (Å²) in [6.45, 7) is -1.98. The minimum Gasteiger partial charge on any atom is -0.467 e. The Morgan fingerprint density at radius 3 is 1.07 bits per heavy atom. The maximum Gasteiger partial charge on any atom is 0.359 e. The van der Waals surface area contributed by atoms with Crippen molar-refractivity contribution in [3.8, 4) is 0 Å². The van der Waals surface area contributed by atoms with Crippen LogP contribution in [0.5, 0.6) is 0 Å². The van der Waals surface area contributed by atoms with Crippen molar-refractivity contribution in [3.63, 3.8) is 0 Å². The normalized spacial score (nSPS) is 26.2. The number of hydrogen-bond acceptors (Lipinski definition) is 26. The van der Waals surface area contributed by atoms with Crippen LogP contribution in [0, 0.1) is 0 Å². The fraction of sp³-hybridized carbons (Fsp3) is 0.344. The first kappa shape index (κ1) is 90.4. The molecule has 29 nitrogen and oxygen atoms in total. The number of hydrogen-bond donors (Lipinski definition) is 0. The van der Waals surface area contributed by atoms with Gasteiger partial charge in [-0.2, -0.15) is 0 Å². The number of rotatable bonds is 37. The van der Waals surface area contributed by atoms with Crippen LogP contribution in [0.25, 0.3) is 20.9 Å². The summed E-state index contributed by atoms with van der Waals surface area (Å²) in [7, 11) is 2.23. The monoisotopic (exact) mass is 1760 g/mol. The Labute approximate surface area is 727 Å². The van der Waals surface area contributed by atoms with Crippen molar-refractivity contribution in [1.29, 1.82) is 0 Å². The molecule has 0 N–H and O–H groups in total. The number of carbonyl (C=O) groups excluding carboxylic acids is 5. The molecule has 0 saturated carbocycles. The average Bonchev–Trinajstić information content (AvgIpc) is 0.757. The predicted octanol–water partition coefficient (Wildman–Crippen LogP) is 15.0. The minimum absolute atomic E-state index is 0.00239. The third kappa shape index (κ3) is 24.6. The second-order valence-electron chi connectivity index (χ2n) is 28.5. The van der Waals surface area contributed by atoms with E-state index in [-0.39, 0.29) is 50.8 Å². The van der Waals surface area contributed by atoms with E-state index >= 15 is 9.59 Å². The summed E-state index contributed by atoms with van der Waals surface area (Å²) in [5.41, 5.74) is 24.5. The van der Waals surface area contributed by atoms with E-state index in [4.69, 9.17) is 120 Å². The fourth-order valence-corrected chi connectivity index (χ4v) is 15.6. The molecule has 33 heteroatoms. The first-order chi connectivity index (χ1) is 60.0. The predicted molar refractivity (Wildman–Crippen MR) is 445 cm³/mol. The Bertz CT molecular complexity index is 4930. The molecule has 123 heavy (non-hydrogen) atoms. The summed E-state index contributed by atoms with van der Waals surface area (Å²) >= 11 is 19.8. The molecule has 13 rings (SSSR count). The van der Waals surface area contributed by atoms with E-state index < -0.39 is 169 Å². The minimum atomic E-state index is -2.69. The van der Waals surface area contributed by atoms with Gasteiger partial charge < -0.3 is 85.3 Å². The lowest BCUT2D eigenvalue weighted by molar-refractivity contribution is -0.372. The van der Waals surface area contributed by atoms with E-state index in [9.17, 15) is 25.4 Å². The van der Waals surface area contributed by atoms with Gasteiger partial charge in [-0.05, 0) is 80.8 Å². The van der Waals surface area contributed by atoms with Crippen molar-refractivity contribution in [2.45, 2.75) is 170 Å². The van der Waals surface area contributed by atoms with Gasteiger partial charge >= 0.3 is 29.8 Å². The number of nitrogens with zero attached hydrogens (tertiary/aromatic N) is 6. The summed E-state index contributed by atoms with van der Waals surface area (Å²) in [5, 5.41) is 8.60. The third-order valence-corrected chi connectivity index (χ3v) is 21.9. The number of halogens is 3. The van der Waals surface area contributed by atoms with Gasteiger partial charge in [0.2, 0.25) is 0 Å². The van der Waals surface area contributed by atoms with Crippen molar-refractivity contribution in [3.05, 3.63) is 338 Å². The molecule has 4 aliphatic heterocycles. The molecular weight excluding hydrogens is 1670 g/mol. The first-order valence-corrected chi connectivity index (χ1v) is 41.2. The van der Waals surface area contributed by atoms with Crippen LogP contribution in [0.15, 0.2) is 288 Å². The van der Waals surface area contributed by atoms with E-state index in [1.54, 1.807) is 176 Å². The molecule has 4 fully saturated rings. The van der Waals surface area contributed by atoms with Crippen molar-refractivity contribution in [2.24, 2.45) is 10.2 Å². The standard InChI is InChI=1S/C90H87Cl3N6O23S/c1-105-83(102)77-75(118-86-68(97-99-95)72(110-51-59-36-18-6-19-37-59)70(122-89(104)90(91,92)93)66(114-86)55-108-49-57-32-14-4-15-33-57)73(111-52-60-38-20-7-21-39-60)79(115-81(100)62-42-24-9-25-43-62)87(120-77)117-69-65(54-107-48-56-30-12-3-13-31-56)113-85(67(96-98-94)71(69)109-50-58-34-16-5-17-35-58)119-76-74(112-53-61-40-22-8-23-41-61)80(116-82(101)63-44-26-10-27-45-63)88(121-78(76)84(103)106-2)123-64-46-28-11-29-47-64/h3-47,65-80,85-88H,48-55H2,1-2H3/t65-,66-,67-,68-,69-,70-,71-,72-,73+,74+,75+,76+,77-,78-,79-,80-,85-,86-,87-,88?/m1/s1. The molecule has 0 amide bonds. The van der Waals surface area contributed by atoms with E-state index in [2.05, 4.69) is 20.1 Å². The SMILES string of the molecule is COC(=O)[C@@H]1O[C@@H](O[C@H]2[C@H](OCc3ccccc3)[C@@H](N=[N+]=[N-])[C@@H](O[C@H]3[C@H](OCc4ccccc4)[C@@H](OC(=O)c4ccccc4)C(Sc4ccccc4)O[C@H]3C(=O)OC)O[C@@H]2COCc2ccccc2)[C@H](OC(=O)c2ccccc2)[C@@H](OCc2ccccc2)[C@@H]1O[C@H]1O[C@H](COCc2ccccc2)[C@@H](OC(=O)C(Cl)(Cl)Cl)[C@H](OCc2ccccc2)[C@H]1N=[N+]=[N-]. The zero-order valence-electron chi connectivity index (χ0n) is 66.3. The number of carbonyl (C=O) groups is 5. The molecule has 1 unspecified atom stereocenters. The smallest absolute Gasteiger partial charge is 0.359 e. The summed E-state index contributed by atoms with van der Waals surface area (Å²) < 4.78 is 118. The molecule has 0 aliphatic carbocycles. The lowest BCUT2D eigenvalue weighted by Gasteiger charge is -2.51. The molecule has 0 bridgehead atoms. The maximum absolute atomic E-state index is 15.4. The molecule has 0 aromatic heterocycles. The Kier molecular flexibility index (Phi) is 33.3. The van der Waals surface area contributed by atoms with Crippen LogP contribution >= 0.6 is 46.6 Å². The number of azide groups is 2. The number of thioether (sulfide) groups is 1. The second-order valence-corrected chi connectivity index (χ2v) is 31.9. The Hall–Kier alpha value is -10.4. The zero-order chi connectivity index (χ0) is 85.9. The van der Waals surface area contributed by atoms with Gasteiger partial charge in [0.1, 0.15) is 72.5 Å². The number of alkyl halides is 3. The van der Waals surface area contributed by atoms with Gasteiger partial charge in [0, 0.05) is 14.7 Å². The van der Waals surface area contributed by atoms with Crippen LogP contribution in [0.4, 0.5) is 0 Å². The average molecular weight is 1760 g/mol. The van der Waals surface area contributed by atoms with E-state index in [0.717, 1.165) is 31.5 Å². The molecule has 9 aromatic rings. The van der Waals surface area contributed by atoms with Crippen LogP contribution in [0.3, 0.4) is 0 Å². The van der Waals surface area contributed by atoms with Gasteiger partial charge in [-0.15, -0.1) is 0 Å². The Balaban J connectivity index is 0.947. The van der Waals surface area contributed by atoms with Crippen LogP contribution in [0.1, 0.15) is 54.1 Å². The quantitative estimate of drug-likeness (QED) is 0.00871. The van der Waals surface area contributed by atoms with E-state index in [1.807, 2.05) is 84.9 Å².